The quantitative estimate of drug-likeness (QED) is 0.872. The summed E-state index contributed by atoms with van der Waals surface area (Å²) in [6, 6.07) is 8.45. The standard InChI is InChI=1S/C14H8F3NOS/c15-12-3-1-9(5-10(12)7-18)8-20(19)11-2-4-13(16)14(17)6-11/h1-6H,8H2. The van der Waals surface area contributed by atoms with Gasteiger partial charge in [-0.25, -0.2) is 13.2 Å². The molecule has 0 saturated heterocycles. The van der Waals surface area contributed by atoms with Crippen LogP contribution in [0.25, 0.3) is 0 Å². The second-order valence-electron chi connectivity index (χ2n) is 3.99. The average molecular weight is 295 g/mol. The van der Waals surface area contributed by atoms with Crippen LogP contribution in [0.3, 0.4) is 0 Å². The number of hydrogen-bond donors (Lipinski definition) is 0. The second kappa shape index (κ2) is 5.88. The number of hydrogen-bond acceptors (Lipinski definition) is 2. The first-order valence-electron chi connectivity index (χ1n) is 5.53. The smallest absolute Gasteiger partial charge is 0.160 e. The van der Waals surface area contributed by atoms with Gasteiger partial charge in [0, 0.05) is 4.90 Å². The van der Waals surface area contributed by atoms with Gasteiger partial charge in [-0.1, -0.05) is 6.07 Å². The molecule has 1 unspecified atom stereocenters. The van der Waals surface area contributed by atoms with E-state index in [-0.39, 0.29) is 16.2 Å². The lowest BCUT2D eigenvalue weighted by atomic mass is 10.1. The van der Waals surface area contributed by atoms with Crippen molar-refractivity contribution in [1.29, 1.82) is 5.26 Å². The number of halogens is 3. The van der Waals surface area contributed by atoms with Crippen molar-refractivity contribution in [1.82, 2.24) is 0 Å². The molecule has 6 heteroatoms. The highest BCUT2D eigenvalue weighted by atomic mass is 32.2. The maximum absolute atomic E-state index is 13.1. The molecule has 1 atom stereocenters. The van der Waals surface area contributed by atoms with Gasteiger partial charge < -0.3 is 0 Å². The van der Waals surface area contributed by atoms with E-state index < -0.39 is 28.3 Å². The minimum absolute atomic E-state index is 0.0139. The molecule has 0 aliphatic carbocycles. The normalized spacial score (nSPS) is 11.9. The summed E-state index contributed by atoms with van der Waals surface area (Å²) in [7, 11) is -1.61. The zero-order valence-electron chi connectivity index (χ0n) is 10.1. The summed E-state index contributed by atoms with van der Waals surface area (Å²) in [5, 5.41) is 8.70. The molecule has 102 valence electrons. The maximum atomic E-state index is 13.1. The third kappa shape index (κ3) is 3.06. The van der Waals surface area contributed by atoms with Crippen LogP contribution >= 0.6 is 0 Å². The fourth-order valence-electron chi connectivity index (χ4n) is 1.60. The lowest BCUT2D eigenvalue weighted by Crippen LogP contribution is -1.99. The first-order chi connectivity index (χ1) is 9.51. The van der Waals surface area contributed by atoms with Crippen LogP contribution in [0.1, 0.15) is 11.1 Å². The van der Waals surface area contributed by atoms with Crippen LogP contribution < -0.4 is 0 Å². The van der Waals surface area contributed by atoms with E-state index in [1.54, 1.807) is 6.07 Å². The summed E-state index contributed by atoms with van der Waals surface area (Å²) in [6.07, 6.45) is 0. The van der Waals surface area contributed by atoms with Gasteiger partial charge in [-0.05, 0) is 35.9 Å². The van der Waals surface area contributed by atoms with Crippen molar-refractivity contribution in [3.63, 3.8) is 0 Å². The fourth-order valence-corrected chi connectivity index (χ4v) is 2.70. The van der Waals surface area contributed by atoms with Crippen molar-refractivity contribution in [3.8, 4) is 6.07 Å². The lowest BCUT2D eigenvalue weighted by Gasteiger charge is -2.04. The third-order valence-electron chi connectivity index (χ3n) is 2.60. The summed E-state index contributed by atoms with van der Waals surface area (Å²) in [5.41, 5.74) is 0.329. The van der Waals surface area contributed by atoms with Gasteiger partial charge in [0.25, 0.3) is 0 Å². The monoisotopic (exact) mass is 295 g/mol. The Bertz CT molecular complexity index is 725. The van der Waals surface area contributed by atoms with E-state index >= 15 is 0 Å². The maximum Gasteiger partial charge on any atom is 0.160 e. The van der Waals surface area contributed by atoms with E-state index in [2.05, 4.69) is 0 Å². The Hall–Kier alpha value is -2.13. The molecule has 0 aliphatic rings. The highest BCUT2D eigenvalue weighted by molar-refractivity contribution is 7.84. The molecule has 0 amide bonds. The highest BCUT2D eigenvalue weighted by Gasteiger charge is 2.10. The molecular formula is C14H8F3NOS. The molecular weight excluding hydrogens is 287 g/mol. The van der Waals surface area contributed by atoms with Crippen LogP contribution in [0.2, 0.25) is 0 Å². The Morgan fingerprint density at radius 1 is 1.00 bits per heavy atom. The van der Waals surface area contributed by atoms with E-state index in [0.717, 1.165) is 18.2 Å². The van der Waals surface area contributed by atoms with Crippen molar-refractivity contribution < 1.29 is 17.4 Å². The number of rotatable bonds is 3. The zero-order valence-corrected chi connectivity index (χ0v) is 10.9. The Kier molecular flexibility index (Phi) is 4.20. The van der Waals surface area contributed by atoms with Crippen molar-refractivity contribution in [2.24, 2.45) is 0 Å². The zero-order chi connectivity index (χ0) is 14.7. The van der Waals surface area contributed by atoms with Gasteiger partial charge in [0.1, 0.15) is 11.9 Å². The average Bonchev–Trinajstić information content (AvgIpc) is 2.43. The van der Waals surface area contributed by atoms with Crippen LogP contribution in [0.5, 0.6) is 0 Å². The van der Waals surface area contributed by atoms with Crippen LogP contribution in [-0.4, -0.2) is 4.21 Å². The van der Waals surface area contributed by atoms with Gasteiger partial charge in [-0.3, -0.25) is 4.21 Å². The third-order valence-corrected chi connectivity index (χ3v) is 3.98. The topological polar surface area (TPSA) is 40.9 Å². The fraction of sp³-hybridized carbons (Fsp3) is 0.0714. The number of nitriles is 1. The Balaban J connectivity index is 2.23. The molecule has 0 fully saturated rings. The van der Waals surface area contributed by atoms with Gasteiger partial charge >= 0.3 is 0 Å². The molecule has 0 radical (unpaired) electrons. The van der Waals surface area contributed by atoms with Crippen LogP contribution in [0.15, 0.2) is 41.3 Å². The minimum Gasteiger partial charge on any atom is -0.254 e. The first-order valence-corrected chi connectivity index (χ1v) is 6.85. The molecule has 2 aromatic rings. The first kappa shape index (κ1) is 14.3. The molecule has 0 N–H and O–H groups in total. The van der Waals surface area contributed by atoms with Gasteiger partial charge in [-0.15, -0.1) is 0 Å². The highest BCUT2D eigenvalue weighted by Crippen LogP contribution is 2.17. The van der Waals surface area contributed by atoms with E-state index in [1.807, 2.05) is 0 Å². The molecule has 0 heterocycles. The minimum atomic E-state index is -1.61. The Morgan fingerprint density at radius 3 is 2.35 bits per heavy atom. The van der Waals surface area contributed by atoms with Gasteiger partial charge in [-0.2, -0.15) is 5.26 Å². The predicted molar refractivity (Wildman–Crippen MR) is 67.6 cm³/mol. The van der Waals surface area contributed by atoms with Crippen LogP contribution in [0.4, 0.5) is 13.2 Å². The van der Waals surface area contributed by atoms with Crippen LogP contribution in [-0.2, 0) is 16.6 Å². The predicted octanol–water partition coefficient (Wildman–Crippen LogP) is 3.28. The lowest BCUT2D eigenvalue weighted by molar-refractivity contribution is 0.505. The summed E-state index contributed by atoms with van der Waals surface area (Å²) in [4.78, 5) is 0.131. The van der Waals surface area contributed by atoms with Gasteiger partial charge in [0.05, 0.1) is 22.1 Å². The van der Waals surface area contributed by atoms with E-state index in [4.69, 9.17) is 5.26 Å². The largest absolute Gasteiger partial charge is 0.254 e. The summed E-state index contributed by atoms with van der Waals surface area (Å²) < 4.78 is 51.0. The molecule has 0 aliphatic heterocycles. The summed E-state index contributed by atoms with van der Waals surface area (Å²) in [6.45, 7) is 0. The van der Waals surface area contributed by atoms with E-state index in [1.165, 1.54) is 18.2 Å². The van der Waals surface area contributed by atoms with Crippen molar-refractivity contribution >= 4 is 10.8 Å². The van der Waals surface area contributed by atoms with Crippen LogP contribution in [0, 0.1) is 28.8 Å². The SMILES string of the molecule is N#Cc1cc(CS(=O)c2ccc(F)c(F)c2)ccc1F. The molecule has 2 rings (SSSR count). The van der Waals surface area contributed by atoms with Gasteiger partial charge in [0.2, 0.25) is 0 Å². The molecule has 20 heavy (non-hydrogen) atoms. The van der Waals surface area contributed by atoms with Crippen molar-refractivity contribution in [2.45, 2.75) is 10.6 Å². The molecule has 0 spiro atoms. The summed E-state index contributed by atoms with van der Waals surface area (Å²) >= 11 is 0. The van der Waals surface area contributed by atoms with Gasteiger partial charge in [0.15, 0.2) is 11.6 Å². The second-order valence-corrected chi connectivity index (χ2v) is 5.44. The molecule has 0 aromatic heterocycles. The molecule has 2 aromatic carbocycles. The Labute approximate surface area is 115 Å². The Morgan fingerprint density at radius 2 is 1.70 bits per heavy atom. The van der Waals surface area contributed by atoms with E-state index in [0.29, 0.717) is 5.56 Å². The molecule has 0 saturated carbocycles. The van der Waals surface area contributed by atoms with Crippen molar-refractivity contribution in [2.75, 3.05) is 0 Å². The summed E-state index contributed by atoms with van der Waals surface area (Å²) in [5.74, 6) is -2.76. The number of nitrogens with zero attached hydrogens (tertiary/aromatic N) is 1. The van der Waals surface area contributed by atoms with E-state index in [9.17, 15) is 17.4 Å². The molecule has 2 nitrogen and oxygen atoms in total. The molecule has 0 bridgehead atoms. The van der Waals surface area contributed by atoms with Crippen molar-refractivity contribution in [3.05, 3.63) is 65.0 Å². The number of benzene rings is 2.